The molecule has 1 aromatic heterocycles. The van der Waals surface area contributed by atoms with E-state index in [2.05, 4.69) is 10.3 Å². The summed E-state index contributed by atoms with van der Waals surface area (Å²) in [4.78, 5) is 16.8. The van der Waals surface area contributed by atoms with E-state index in [1.54, 1.807) is 39.8 Å². The molecule has 1 amide bonds. The Bertz CT molecular complexity index is 1110. The van der Waals surface area contributed by atoms with Gasteiger partial charge in [0.2, 0.25) is 11.7 Å². The number of fused-ring (bicyclic) bond motifs is 1. The molecule has 0 aliphatic heterocycles. The van der Waals surface area contributed by atoms with Crippen molar-refractivity contribution in [3.8, 4) is 23.0 Å². The lowest BCUT2D eigenvalue weighted by atomic mass is 9.99. The van der Waals surface area contributed by atoms with Crippen molar-refractivity contribution in [3.63, 3.8) is 0 Å². The monoisotopic (exact) mass is 455 g/mol. The zero-order valence-corrected chi connectivity index (χ0v) is 19.2. The molecule has 1 heterocycles. The number of hydrogen-bond acceptors (Lipinski definition) is 8. The number of rotatable bonds is 10. The number of benzene rings is 2. The van der Waals surface area contributed by atoms with Gasteiger partial charge in [0.05, 0.1) is 40.2 Å². The Hall–Kier alpha value is -3.56. The first kappa shape index (κ1) is 24.1. The quantitative estimate of drug-likeness (QED) is 0.426. The second-order valence-electron chi connectivity index (χ2n) is 7.25. The van der Waals surface area contributed by atoms with E-state index in [0.29, 0.717) is 47.1 Å². The summed E-state index contributed by atoms with van der Waals surface area (Å²) >= 11 is 0. The van der Waals surface area contributed by atoms with Crippen LogP contribution in [0.15, 0.2) is 36.7 Å². The summed E-state index contributed by atoms with van der Waals surface area (Å²) in [5.41, 5.74) is 8.01. The van der Waals surface area contributed by atoms with Crippen LogP contribution in [0, 0.1) is 0 Å². The van der Waals surface area contributed by atoms with Gasteiger partial charge in [0.25, 0.3) is 0 Å². The number of aliphatic hydroxyl groups excluding tert-OH is 1. The lowest BCUT2D eigenvalue weighted by Crippen LogP contribution is -2.38. The largest absolute Gasteiger partial charge is 0.493 e. The summed E-state index contributed by atoms with van der Waals surface area (Å²) in [6, 6.07) is 6.45. The predicted molar refractivity (Wildman–Crippen MR) is 126 cm³/mol. The minimum Gasteiger partial charge on any atom is -0.493 e. The van der Waals surface area contributed by atoms with E-state index in [9.17, 15) is 9.90 Å². The molecule has 0 radical (unpaired) electrons. The standard InChI is InChI=1S/C24H29N3O6/c1-5-33-19-7-6-16-15(8-14-9-20(30-2)23(32-4)21(10-14)31-3)11-26-12-17(16)22(19)27-24(29)18(25)13-28/h6-7,9-12,18,28H,5,8,13,25H2,1-4H3,(H,27,29). The molecule has 0 saturated carbocycles. The van der Waals surface area contributed by atoms with Gasteiger partial charge in [-0.1, -0.05) is 6.07 Å². The van der Waals surface area contributed by atoms with Crippen LogP contribution in [-0.4, -0.2) is 56.6 Å². The Balaban J connectivity index is 2.09. The van der Waals surface area contributed by atoms with Crippen molar-refractivity contribution in [1.82, 2.24) is 4.98 Å². The van der Waals surface area contributed by atoms with E-state index in [-0.39, 0.29) is 0 Å². The minimum absolute atomic E-state index is 0.416. The average molecular weight is 456 g/mol. The third-order valence-electron chi connectivity index (χ3n) is 5.19. The second-order valence-corrected chi connectivity index (χ2v) is 7.25. The number of aromatic nitrogens is 1. The van der Waals surface area contributed by atoms with E-state index in [0.717, 1.165) is 16.5 Å². The van der Waals surface area contributed by atoms with Gasteiger partial charge in [0, 0.05) is 17.8 Å². The number of nitrogens with two attached hydrogens (primary N) is 1. The number of pyridine rings is 1. The highest BCUT2D eigenvalue weighted by Gasteiger charge is 2.19. The fraction of sp³-hybridized carbons (Fsp3) is 0.333. The van der Waals surface area contributed by atoms with Gasteiger partial charge < -0.3 is 35.1 Å². The maximum absolute atomic E-state index is 12.4. The number of ether oxygens (including phenoxy) is 4. The summed E-state index contributed by atoms with van der Waals surface area (Å²) in [5, 5.41) is 13.6. The van der Waals surface area contributed by atoms with E-state index >= 15 is 0 Å². The molecule has 176 valence electrons. The molecule has 9 nitrogen and oxygen atoms in total. The van der Waals surface area contributed by atoms with Crippen molar-refractivity contribution in [2.45, 2.75) is 19.4 Å². The summed E-state index contributed by atoms with van der Waals surface area (Å²) in [6.07, 6.45) is 3.96. The minimum atomic E-state index is -1.05. The van der Waals surface area contributed by atoms with E-state index < -0.39 is 18.6 Å². The molecular weight excluding hydrogens is 426 g/mol. The van der Waals surface area contributed by atoms with Crippen molar-refractivity contribution < 1.29 is 28.8 Å². The van der Waals surface area contributed by atoms with Gasteiger partial charge in [-0.2, -0.15) is 0 Å². The molecule has 1 unspecified atom stereocenters. The average Bonchev–Trinajstić information content (AvgIpc) is 2.84. The normalized spacial score (nSPS) is 11.7. The third kappa shape index (κ3) is 5.10. The number of nitrogens with zero attached hydrogens (tertiary/aromatic N) is 1. The van der Waals surface area contributed by atoms with Gasteiger partial charge in [0.1, 0.15) is 11.8 Å². The van der Waals surface area contributed by atoms with Crippen LogP contribution in [0.25, 0.3) is 10.8 Å². The molecule has 33 heavy (non-hydrogen) atoms. The molecule has 0 spiro atoms. The van der Waals surface area contributed by atoms with Crippen LogP contribution in [0.4, 0.5) is 5.69 Å². The number of anilines is 1. The van der Waals surface area contributed by atoms with Gasteiger partial charge in [-0.05, 0) is 48.1 Å². The van der Waals surface area contributed by atoms with Crippen LogP contribution in [0.1, 0.15) is 18.1 Å². The van der Waals surface area contributed by atoms with Crippen LogP contribution in [0.2, 0.25) is 0 Å². The van der Waals surface area contributed by atoms with Crippen molar-refractivity contribution in [2.24, 2.45) is 5.73 Å². The van der Waals surface area contributed by atoms with Gasteiger partial charge in [-0.25, -0.2) is 0 Å². The third-order valence-corrected chi connectivity index (χ3v) is 5.19. The second kappa shape index (κ2) is 10.8. The molecule has 2 aromatic carbocycles. The number of aliphatic hydroxyl groups is 1. The Morgan fingerprint density at radius 3 is 2.33 bits per heavy atom. The molecular formula is C24H29N3O6. The fourth-order valence-electron chi connectivity index (χ4n) is 3.59. The van der Waals surface area contributed by atoms with Gasteiger partial charge >= 0.3 is 0 Å². The highest BCUT2D eigenvalue weighted by Crippen LogP contribution is 2.40. The zero-order valence-electron chi connectivity index (χ0n) is 19.2. The number of nitrogens with one attached hydrogen (secondary N) is 1. The molecule has 3 rings (SSSR count). The highest BCUT2D eigenvalue weighted by atomic mass is 16.5. The summed E-state index contributed by atoms with van der Waals surface area (Å²) in [5.74, 6) is 1.62. The van der Waals surface area contributed by atoms with Crippen molar-refractivity contribution in [1.29, 1.82) is 0 Å². The smallest absolute Gasteiger partial charge is 0.243 e. The van der Waals surface area contributed by atoms with Gasteiger partial charge in [-0.3, -0.25) is 9.78 Å². The molecule has 0 aliphatic carbocycles. The Morgan fingerprint density at radius 1 is 1.06 bits per heavy atom. The maximum Gasteiger partial charge on any atom is 0.243 e. The molecule has 1 atom stereocenters. The first-order valence-corrected chi connectivity index (χ1v) is 10.5. The van der Waals surface area contributed by atoms with Crippen LogP contribution < -0.4 is 30.0 Å². The van der Waals surface area contributed by atoms with Crippen LogP contribution in [-0.2, 0) is 11.2 Å². The Morgan fingerprint density at radius 2 is 1.76 bits per heavy atom. The molecule has 0 fully saturated rings. The summed E-state index contributed by atoms with van der Waals surface area (Å²) in [7, 11) is 4.70. The molecule has 0 bridgehead atoms. The molecule has 4 N–H and O–H groups in total. The predicted octanol–water partition coefficient (Wildman–Crippen LogP) is 2.51. The summed E-state index contributed by atoms with van der Waals surface area (Å²) < 4.78 is 22.0. The molecule has 3 aromatic rings. The SMILES string of the molecule is CCOc1ccc2c(Cc3cc(OC)c(OC)c(OC)c3)cncc2c1NC(=O)C(N)CO. The number of carbonyl (C=O) groups excluding carboxylic acids is 1. The highest BCUT2D eigenvalue weighted by molar-refractivity contribution is 6.06. The molecule has 0 saturated heterocycles. The van der Waals surface area contributed by atoms with Gasteiger partial charge in [0.15, 0.2) is 11.5 Å². The van der Waals surface area contributed by atoms with E-state index in [1.807, 2.05) is 25.1 Å². The van der Waals surface area contributed by atoms with Crippen LogP contribution in [0.5, 0.6) is 23.0 Å². The Kier molecular flexibility index (Phi) is 7.92. The topological polar surface area (TPSA) is 125 Å². The van der Waals surface area contributed by atoms with Crippen molar-refractivity contribution >= 4 is 22.4 Å². The van der Waals surface area contributed by atoms with Crippen LogP contribution in [0.3, 0.4) is 0 Å². The lowest BCUT2D eigenvalue weighted by molar-refractivity contribution is -0.118. The van der Waals surface area contributed by atoms with Crippen molar-refractivity contribution in [3.05, 3.63) is 47.8 Å². The zero-order chi connectivity index (χ0) is 24.0. The van der Waals surface area contributed by atoms with E-state index in [4.69, 9.17) is 24.7 Å². The Labute approximate surface area is 192 Å². The lowest BCUT2D eigenvalue weighted by Gasteiger charge is -2.18. The number of hydrogen-bond donors (Lipinski definition) is 3. The first-order chi connectivity index (χ1) is 16.0. The number of methoxy groups -OCH3 is 3. The number of carbonyl (C=O) groups is 1. The van der Waals surface area contributed by atoms with Gasteiger partial charge in [-0.15, -0.1) is 0 Å². The van der Waals surface area contributed by atoms with Crippen LogP contribution >= 0.6 is 0 Å². The molecule has 9 heteroatoms. The maximum atomic E-state index is 12.4. The van der Waals surface area contributed by atoms with Crippen molar-refractivity contribution in [2.75, 3.05) is 39.9 Å². The fourth-order valence-corrected chi connectivity index (χ4v) is 3.59. The number of amides is 1. The first-order valence-electron chi connectivity index (χ1n) is 10.5. The molecule has 0 aliphatic rings. The summed E-state index contributed by atoms with van der Waals surface area (Å²) in [6.45, 7) is 1.80. The van der Waals surface area contributed by atoms with E-state index in [1.165, 1.54) is 0 Å².